The summed E-state index contributed by atoms with van der Waals surface area (Å²) < 4.78 is 31.7. The molecule has 0 saturated heterocycles. The van der Waals surface area contributed by atoms with Crippen molar-refractivity contribution < 1.29 is 22.7 Å². The maximum atomic E-state index is 13.7. The zero-order chi connectivity index (χ0) is 26.3. The first-order valence-electron chi connectivity index (χ1n) is 11.3. The number of hydrogen-bond donors (Lipinski definition) is 1. The van der Waals surface area contributed by atoms with Gasteiger partial charge in [0.25, 0.3) is 0 Å². The van der Waals surface area contributed by atoms with E-state index in [0.717, 1.165) is 16.1 Å². The van der Waals surface area contributed by atoms with E-state index in [2.05, 4.69) is 5.32 Å². The Hall–Kier alpha value is -2.78. The Kier molecular flexibility index (Phi) is 9.97. The monoisotopic (exact) mass is 523 g/mol. The SMILES string of the molecule is CCC(C(=O)NC(C)C)N(Cc1ccc(OC)cc1)C(=O)CN(c1cc(Cl)ccc1C)S(C)(=O)=O. The van der Waals surface area contributed by atoms with Crippen molar-refractivity contribution in [3.8, 4) is 5.75 Å². The number of amides is 2. The highest BCUT2D eigenvalue weighted by Gasteiger charge is 2.32. The first-order chi connectivity index (χ1) is 16.4. The molecule has 8 nitrogen and oxygen atoms in total. The number of sulfonamides is 1. The molecule has 0 aliphatic carbocycles. The summed E-state index contributed by atoms with van der Waals surface area (Å²) in [5.74, 6) is -0.138. The van der Waals surface area contributed by atoms with Crippen molar-refractivity contribution in [2.24, 2.45) is 0 Å². The normalized spacial score (nSPS) is 12.2. The molecular formula is C25H34ClN3O5S. The number of aryl methyl sites for hydroxylation is 1. The van der Waals surface area contributed by atoms with Crippen LogP contribution in [0.15, 0.2) is 42.5 Å². The molecule has 0 fully saturated rings. The van der Waals surface area contributed by atoms with Crippen LogP contribution in [0.1, 0.15) is 38.3 Å². The summed E-state index contributed by atoms with van der Waals surface area (Å²) in [5, 5.41) is 3.21. The number of hydrogen-bond acceptors (Lipinski definition) is 5. The fourth-order valence-corrected chi connectivity index (χ4v) is 4.74. The first-order valence-corrected chi connectivity index (χ1v) is 13.6. The van der Waals surface area contributed by atoms with Gasteiger partial charge in [-0.15, -0.1) is 0 Å². The van der Waals surface area contributed by atoms with E-state index in [1.54, 1.807) is 38.3 Å². The molecule has 1 unspecified atom stereocenters. The van der Waals surface area contributed by atoms with E-state index < -0.39 is 28.5 Å². The lowest BCUT2D eigenvalue weighted by Gasteiger charge is -2.33. The molecule has 2 rings (SSSR count). The quantitative estimate of drug-likeness (QED) is 0.484. The van der Waals surface area contributed by atoms with Gasteiger partial charge in [-0.3, -0.25) is 13.9 Å². The highest BCUT2D eigenvalue weighted by molar-refractivity contribution is 7.92. The standard InChI is InChI=1S/C25H34ClN3O5S/c1-7-22(25(31)27-17(2)3)28(15-19-9-12-21(34-5)13-10-19)24(30)16-29(35(6,32)33)23-14-20(26)11-8-18(23)4/h8-14,17,22H,7,15-16H2,1-6H3,(H,27,31). The summed E-state index contributed by atoms with van der Waals surface area (Å²) >= 11 is 6.12. The van der Waals surface area contributed by atoms with Crippen LogP contribution in [0, 0.1) is 6.92 Å². The van der Waals surface area contributed by atoms with E-state index in [1.165, 1.54) is 11.0 Å². The molecule has 10 heteroatoms. The predicted molar refractivity (Wildman–Crippen MR) is 139 cm³/mol. The van der Waals surface area contributed by atoms with Crippen LogP contribution in [0.25, 0.3) is 0 Å². The number of anilines is 1. The Balaban J connectivity index is 2.48. The Labute approximate surface area is 213 Å². The Morgan fingerprint density at radius 2 is 1.74 bits per heavy atom. The number of halogens is 1. The van der Waals surface area contributed by atoms with E-state index in [9.17, 15) is 18.0 Å². The lowest BCUT2D eigenvalue weighted by Crippen LogP contribution is -2.53. The molecule has 0 radical (unpaired) electrons. The van der Waals surface area contributed by atoms with Crippen LogP contribution in [0.2, 0.25) is 5.02 Å². The van der Waals surface area contributed by atoms with Crippen molar-refractivity contribution in [2.45, 2.75) is 52.7 Å². The van der Waals surface area contributed by atoms with Crippen molar-refractivity contribution in [3.05, 3.63) is 58.6 Å². The average molecular weight is 524 g/mol. The molecular weight excluding hydrogens is 490 g/mol. The van der Waals surface area contributed by atoms with Crippen LogP contribution >= 0.6 is 11.6 Å². The minimum atomic E-state index is -3.83. The zero-order valence-electron chi connectivity index (χ0n) is 21.0. The molecule has 2 amide bonds. The van der Waals surface area contributed by atoms with Gasteiger partial charge in [-0.05, 0) is 62.6 Å². The summed E-state index contributed by atoms with van der Waals surface area (Å²) in [7, 11) is -2.27. The van der Waals surface area contributed by atoms with Crippen molar-refractivity contribution in [2.75, 3.05) is 24.2 Å². The van der Waals surface area contributed by atoms with Gasteiger partial charge < -0.3 is 15.0 Å². The van der Waals surface area contributed by atoms with E-state index in [0.29, 0.717) is 28.4 Å². The molecule has 0 aliphatic rings. The summed E-state index contributed by atoms with van der Waals surface area (Å²) in [6.45, 7) is 6.89. The van der Waals surface area contributed by atoms with Crippen molar-refractivity contribution in [1.82, 2.24) is 10.2 Å². The van der Waals surface area contributed by atoms with Crippen LogP contribution in [-0.4, -0.2) is 57.1 Å². The molecule has 1 atom stereocenters. The third kappa shape index (κ3) is 7.86. The van der Waals surface area contributed by atoms with Gasteiger partial charge >= 0.3 is 0 Å². The molecule has 0 bridgehead atoms. The number of nitrogens with zero attached hydrogens (tertiary/aromatic N) is 2. The molecule has 2 aromatic rings. The van der Waals surface area contributed by atoms with Gasteiger partial charge in [0, 0.05) is 17.6 Å². The number of methoxy groups -OCH3 is 1. The molecule has 35 heavy (non-hydrogen) atoms. The lowest BCUT2D eigenvalue weighted by atomic mass is 10.1. The molecule has 192 valence electrons. The highest BCUT2D eigenvalue weighted by atomic mass is 35.5. The minimum Gasteiger partial charge on any atom is -0.497 e. The number of nitrogens with one attached hydrogen (secondary N) is 1. The molecule has 0 aliphatic heterocycles. The zero-order valence-corrected chi connectivity index (χ0v) is 22.6. The third-order valence-electron chi connectivity index (χ3n) is 5.45. The number of benzene rings is 2. The van der Waals surface area contributed by atoms with Crippen molar-refractivity contribution in [1.29, 1.82) is 0 Å². The predicted octanol–water partition coefficient (Wildman–Crippen LogP) is 3.76. The number of ether oxygens (including phenoxy) is 1. The highest BCUT2D eigenvalue weighted by Crippen LogP contribution is 2.27. The number of carbonyl (C=O) groups is 2. The van der Waals surface area contributed by atoms with Crippen LogP contribution in [0.4, 0.5) is 5.69 Å². The van der Waals surface area contributed by atoms with Crippen LogP contribution < -0.4 is 14.4 Å². The van der Waals surface area contributed by atoms with Gasteiger partial charge in [0.1, 0.15) is 18.3 Å². The number of carbonyl (C=O) groups excluding carboxylic acids is 2. The third-order valence-corrected chi connectivity index (χ3v) is 6.81. The summed E-state index contributed by atoms with van der Waals surface area (Å²) in [6.07, 6.45) is 1.40. The molecule has 1 N–H and O–H groups in total. The second-order valence-electron chi connectivity index (χ2n) is 8.66. The largest absolute Gasteiger partial charge is 0.497 e. The Morgan fingerprint density at radius 1 is 1.11 bits per heavy atom. The van der Waals surface area contributed by atoms with Crippen LogP contribution in [0.5, 0.6) is 5.75 Å². The van der Waals surface area contributed by atoms with E-state index in [4.69, 9.17) is 16.3 Å². The van der Waals surface area contributed by atoms with Crippen molar-refractivity contribution >= 4 is 39.1 Å². The van der Waals surface area contributed by atoms with E-state index in [-0.39, 0.29) is 18.5 Å². The molecule has 0 spiro atoms. The summed E-state index contributed by atoms with van der Waals surface area (Å²) in [5.41, 5.74) is 1.75. The van der Waals surface area contributed by atoms with Crippen LogP contribution in [0.3, 0.4) is 0 Å². The lowest BCUT2D eigenvalue weighted by molar-refractivity contribution is -0.140. The molecule has 0 saturated carbocycles. The van der Waals surface area contributed by atoms with Crippen LogP contribution in [-0.2, 0) is 26.2 Å². The van der Waals surface area contributed by atoms with Gasteiger partial charge in [0.2, 0.25) is 21.8 Å². The smallest absolute Gasteiger partial charge is 0.244 e. The molecule has 0 aromatic heterocycles. The maximum absolute atomic E-state index is 13.7. The van der Waals surface area contributed by atoms with E-state index in [1.807, 2.05) is 32.9 Å². The van der Waals surface area contributed by atoms with Gasteiger partial charge in [0.05, 0.1) is 19.1 Å². The van der Waals surface area contributed by atoms with E-state index >= 15 is 0 Å². The second-order valence-corrected chi connectivity index (χ2v) is 11.0. The second kappa shape index (κ2) is 12.3. The van der Waals surface area contributed by atoms with Gasteiger partial charge in [-0.1, -0.05) is 36.7 Å². The van der Waals surface area contributed by atoms with Gasteiger partial charge in [-0.25, -0.2) is 8.42 Å². The minimum absolute atomic E-state index is 0.115. The Morgan fingerprint density at radius 3 is 2.26 bits per heavy atom. The fraction of sp³-hybridized carbons (Fsp3) is 0.440. The summed E-state index contributed by atoms with van der Waals surface area (Å²) in [4.78, 5) is 28.1. The Bertz CT molecular complexity index is 1140. The molecule has 0 heterocycles. The first kappa shape index (κ1) is 28.5. The fourth-order valence-electron chi connectivity index (χ4n) is 3.67. The topological polar surface area (TPSA) is 96.0 Å². The van der Waals surface area contributed by atoms with Gasteiger partial charge in [-0.2, -0.15) is 0 Å². The maximum Gasteiger partial charge on any atom is 0.244 e. The number of rotatable bonds is 11. The van der Waals surface area contributed by atoms with Crippen molar-refractivity contribution in [3.63, 3.8) is 0 Å². The molecule has 2 aromatic carbocycles. The summed E-state index contributed by atoms with van der Waals surface area (Å²) in [6, 6.07) is 11.1. The average Bonchev–Trinajstić information content (AvgIpc) is 2.78. The van der Waals surface area contributed by atoms with Gasteiger partial charge in [0.15, 0.2) is 0 Å².